The lowest BCUT2D eigenvalue weighted by Gasteiger charge is -2.09. The van der Waals surface area contributed by atoms with Gasteiger partial charge in [0.25, 0.3) is 0 Å². The smallest absolute Gasteiger partial charge is 0.138 e. The molecule has 0 saturated carbocycles. The maximum atomic E-state index is 5.79. The molecule has 0 N–H and O–H groups in total. The topological polar surface area (TPSA) is 22.1 Å². The van der Waals surface area contributed by atoms with Gasteiger partial charge >= 0.3 is 0 Å². The van der Waals surface area contributed by atoms with Crippen LogP contribution in [-0.2, 0) is 12.5 Å². The minimum atomic E-state index is 0.420. The predicted molar refractivity (Wildman–Crippen MR) is 82.1 cm³/mol. The van der Waals surface area contributed by atoms with E-state index < -0.39 is 0 Å². The van der Waals surface area contributed by atoms with E-state index >= 15 is 0 Å². The normalized spacial score (nSPS) is 10.7. The van der Waals surface area contributed by atoms with E-state index in [-0.39, 0.29) is 0 Å². The number of hydrogen-bond donors (Lipinski definition) is 0. The van der Waals surface area contributed by atoms with Crippen LogP contribution < -0.4 is 4.74 Å². The summed E-state index contributed by atoms with van der Waals surface area (Å²) in [5.74, 6) is 1.18. The molecule has 0 amide bonds. The van der Waals surface area contributed by atoms with E-state index in [1.54, 1.807) is 6.20 Å². The van der Waals surface area contributed by atoms with Gasteiger partial charge in [-0.1, -0.05) is 42.5 Å². The number of pyridine rings is 1. The van der Waals surface area contributed by atoms with Gasteiger partial charge in [-0.05, 0) is 28.5 Å². The Hall–Kier alpha value is -2.06. The Bertz CT molecular complexity index is 704. The molecule has 2 nitrogen and oxygen atoms in total. The van der Waals surface area contributed by atoms with Crippen LogP contribution in [0.2, 0.25) is 0 Å². The molecule has 20 heavy (non-hydrogen) atoms. The number of halogens is 1. The SMILES string of the molecule is ClCc1ccc(OCc2cccc3ccccc23)cn1. The standard InChI is InChI=1S/C17H14ClNO/c18-10-15-8-9-16(11-19-15)20-12-14-6-3-5-13-4-1-2-7-17(13)14/h1-9,11H,10,12H2. The Morgan fingerprint density at radius 1 is 0.950 bits per heavy atom. The fourth-order valence-electron chi connectivity index (χ4n) is 2.15. The minimum Gasteiger partial charge on any atom is -0.487 e. The van der Waals surface area contributed by atoms with Crippen molar-refractivity contribution in [2.75, 3.05) is 0 Å². The van der Waals surface area contributed by atoms with Gasteiger partial charge in [0, 0.05) is 0 Å². The van der Waals surface area contributed by atoms with E-state index in [1.807, 2.05) is 24.3 Å². The summed E-state index contributed by atoms with van der Waals surface area (Å²) in [4.78, 5) is 4.21. The molecule has 3 aromatic rings. The molecule has 0 unspecified atom stereocenters. The van der Waals surface area contributed by atoms with Crippen molar-refractivity contribution in [1.29, 1.82) is 0 Å². The molecule has 0 saturated heterocycles. The maximum absolute atomic E-state index is 5.79. The van der Waals surface area contributed by atoms with Crippen molar-refractivity contribution >= 4 is 22.4 Å². The summed E-state index contributed by atoms with van der Waals surface area (Å²) in [6, 6.07) is 18.3. The summed E-state index contributed by atoms with van der Waals surface area (Å²) in [7, 11) is 0. The first-order valence-electron chi connectivity index (χ1n) is 6.47. The number of alkyl halides is 1. The van der Waals surface area contributed by atoms with Crippen molar-refractivity contribution in [1.82, 2.24) is 4.98 Å². The molecule has 0 atom stereocenters. The number of rotatable bonds is 4. The fourth-order valence-corrected chi connectivity index (χ4v) is 2.31. The molecule has 100 valence electrons. The fraction of sp³-hybridized carbons (Fsp3) is 0.118. The lowest BCUT2D eigenvalue weighted by Crippen LogP contribution is -1.97. The molecule has 0 radical (unpaired) electrons. The highest BCUT2D eigenvalue weighted by Gasteiger charge is 2.02. The zero-order valence-corrected chi connectivity index (χ0v) is 11.7. The molecule has 0 aliphatic heterocycles. The van der Waals surface area contributed by atoms with Crippen LogP contribution in [0.25, 0.3) is 10.8 Å². The summed E-state index contributed by atoms with van der Waals surface area (Å²) >= 11 is 5.71. The van der Waals surface area contributed by atoms with Gasteiger partial charge in [0.1, 0.15) is 12.4 Å². The number of hydrogen-bond acceptors (Lipinski definition) is 2. The average molecular weight is 284 g/mol. The van der Waals surface area contributed by atoms with Gasteiger partial charge in [-0.3, -0.25) is 4.98 Å². The third-order valence-electron chi connectivity index (χ3n) is 3.21. The van der Waals surface area contributed by atoms with Gasteiger partial charge in [0.15, 0.2) is 0 Å². The number of fused-ring (bicyclic) bond motifs is 1. The zero-order valence-electron chi connectivity index (χ0n) is 10.9. The highest BCUT2D eigenvalue weighted by atomic mass is 35.5. The number of benzene rings is 2. The Morgan fingerprint density at radius 3 is 2.60 bits per heavy atom. The number of nitrogens with zero attached hydrogens (tertiary/aromatic N) is 1. The van der Waals surface area contributed by atoms with Crippen molar-refractivity contribution in [2.45, 2.75) is 12.5 Å². The van der Waals surface area contributed by atoms with Gasteiger partial charge in [0.2, 0.25) is 0 Å². The molecule has 1 aromatic heterocycles. The first-order chi connectivity index (χ1) is 9.86. The van der Waals surface area contributed by atoms with Crippen LogP contribution >= 0.6 is 11.6 Å². The average Bonchev–Trinajstić information content (AvgIpc) is 2.53. The molecule has 3 rings (SSSR count). The second kappa shape index (κ2) is 5.93. The number of ether oxygens (including phenoxy) is 1. The van der Waals surface area contributed by atoms with Crippen molar-refractivity contribution in [3.63, 3.8) is 0 Å². The Kier molecular flexibility index (Phi) is 3.84. The van der Waals surface area contributed by atoms with Crippen molar-refractivity contribution in [3.05, 3.63) is 72.1 Å². The Labute approximate surface area is 123 Å². The van der Waals surface area contributed by atoms with Gasteiger partial charge in [-0.25, -0.2) is 0 Å². The van der Waals surface area contributed by atoms with E-state index in [0.29, 0.717) is 12.5 Å². The van der Waals surface area contributed by atoms with E-state index in [0.717, 1.165) is 11.4 Å². The van der Waals surface area contributed by atoms with Crippen LogP contribution in [0.15, 0.2) is 60.8 Å². The van der Waals surface area contributed by atoms with E-state index in [4.69, 9.17) is 16.3 Å². The first-order valence-corrected chi connectivity index (χ1v) is 7.00. The largest absolute Gasteiger partial charge is 0.487 e. The van der Waals surface area contributed by atoms with Gasteiger partial charge in [0.05, 0.1) is 17.8 Å². The molecule has 0 fully saturated rings. The second-order valence-corrected chi connectivity index (χ2v) is 4.81. The molecule has 0 aliphatic carbocycles. The molecule has 1 heterocycles. The molecule has 0 bridgehead atoms. The third-order valence-corrected chi connectivity index (χ3v) is 3.48. The second-order valence-electron chi connectivity index (χ2n) is 4.55. The van der Waals surface area contributed by atoms with Crippen molar-refractivity contribution < 1.29 is 4.74 Å². The van der Waals surface area contributed by atoms with Crippen molar-refractivity contribution in [3.8, 4) is 5.75 Å². The molecular weight excluding hydrogens is 270 g/mol. The summed E-state index contributed by atoms with van der Waals surface area (Å²) in [6.07, 6.45) is 1.71. The minimum absolute atomic E-state index is 0.420. The van der Waals surface area contributed by atoms with Gasteiger partial charge in [-0.15, -0.1) is 11.6 Å². The molecule has 0 spiro atoms. The lowest BCUT2D eigenvalue weighted by molar-refractivity contribution is 0.306. The number of aromatic nitrogens is 1. The van der Waals surface area contributed by atoms with Crippen LogP contribution in [0.3, 0.4) is 0 Å². The summed E-state index contributed by atoms with van der Waals surface area (Å²) in [6.45, 7) is 0.531. The monoisotopic (exact) mass is 283 g/mol. The van der Waals surface area contributed by atoms with Gasteiger partial charge in [-0.2, -0.15) is 0 Å². The van der Waals surface area contributed by atoms with Crippen molar-refractivity contribution in [2.24, 2.45) is 0 Å². The maximum Gasteiger partial charge on any atom is 0.138 e. The quantitative estimate of drug-likeness (QED) is 0.655. The molecular formula is C17H14ClNO. The third kappa shape index (κ3) is 2.75. The summed E-state index contributed by atoms with van der Waals surface area (Å²) in [5, 5.41) is 2.45. The summed E-state index contributed by atoms with van der Waals surface area (Å²) < 4.78 is 5.79. The van der Waals surface area contributed by atoms with E-state index in [9.17, 15) is 0 Å². The van der Waals surface area contributed by atoms with E-state index in [2.05, 4.69) is 35.3 Å². The van der Waals surface area contributed by atoms with Crippen LogP contribution in [0.5, 0.6) is 5.75 Å². The Morgan fingerprint density at radius 2 is 1.80 bits per heavy atom. The highest BCUT2D eigenvalue weighted by molar-refractivity contribution is 6.16. The van der Waals surface area contributed by atoms with Crippen LogP contribution in [0.1, 0.15) is 11.3 Å². The zero-order chi connectivity index (χ0) is 13.8. The molecule has 0 aliphatic rings. The lowest BCUT2D eigenvalue weighted by atomic mass is 10.1. The first kappa shape index (κ1) is 12.9. The Balaban J connectivity index is 1.79. The van der Waals surface area contributed by atoms with Gasteiger partial charge < -0.3 is 4.74 Å². The van der Waals surface area contributed by atoms with Crippen LogP contribution in [0, 0.1) is 0 Å². The van der Waals surface area contributed by atoms with Crippen LogP contribution in [-0.4, -0.2) is 4.98 Å². The van der Waals surface area contributed by atoms with E-state index in [1.165, 1.54) is 16.3 Å². The summed E-state index contributed by atoms with van der Waals surface area (Å²) in [5.41, 5.74) is 2.02. The predicted octanol–water partition coefficient (Wildman–Crippen LogP) is 4.55. The molecule has 2 aromatic carbocycles. The highest BCUT2D eigenvalue weighted by Crippen LogP contribution is 2.20. The molecule has 3 heteroatoms. The van der Waals surface area contributed by atoms with Crippen LogP contribution in [0.4, 0.5) is 0 Å².